The summed E-state index contributed by atoms with van der Waals surface area (Å²) in [4.78, 5) is 11.3. The SMILES string of the molecule is CC(C)(C)OC(=O)NCCNCCC1CCC1. The Bertz CT molecular complexity index is 232. The van der Waals surface area contributed by atoms with Crippen LogP contribution in [-0.2, 0) is 4.74 Å². The second-order valence-corrected chi connectivity index (χ2v) is 5.76. The number of alkyl carbamates (subject to hydrolysis) is 1. The van der Waals surface area contributed by atoms with E-state index in [9.17, 15) is 4.79 Å². The molecule has 0 aromatic heterocycles. The number of hydrogen-bond acceptors (Lipinski definition) is 3. The number of carbonyl (C=O) groups is 1. The summed E-state index contributed by atoms with van der Waals surface area (Å²) in [6.07, 6.45) is 5.14. The predicted octanol–water partition coefficient (Wildman–Crippen LogP) is 2.29. The Morgan fingerprint density at radius 3 is 2.47 bits per heavy atom. The fourth-order valence-corrected chi connectivity index (χ4v) is 1.78. The van der Waals surface area contributed by atoms with Crippen LogP contribution < -0.4 is 10.6 Å². The summed E-state index contributed by atoms with van der Waals surface area (Å²) in [5, 5.41) is 6.06. The van der Waals surface area contributed by atoms with Crippen LogP contribution >= 0.6 is 0 Å². The molecule has 1 amide bonds. The van der Waals surface area contributed by atoms with Crippen molar-refractivity contribution in [1.82, 2.24) is 10.6 Å². The van der Waals surface area contributed by atoms with Crippen molar-refractivity contribution in [2.24, 2.45) is 5.92 Å². The first-order valence-corrected chi connectivity index (χ1v) is 6.65. The van der Waals surface area contributed by atoms with E-state index in [0.29, 0.717) is 6.54 Å². The first kappa shape index (κ1) is 14.3. The molecule has 1 aliphatic rings. The summed E-state index contributed by atoms with van der Waals surface area (Å²) in [6, 6.07) is 0. The predicted molar refractivity (Wildman–Crippen MR) is 69.1 cm³/mol. The molecule has 0 aromatic carbocycles. The van der Waals surface area contributed by atoms with Crippen LogP contribution in [-0.4, -0.2) is 31.3 Å². The zero-order valence-electron chi connectivity index (χ0n) is 11.3. The Kier molecular flexibility index (Phi) is 5.75. The highest BCUT2D eigenvalue weighted by Gasteiger charge is 2.16. The molecule has 1 saturated carbocycles. The lowest BCUT2D eigenvalue weighted by Gasteiger charge is -2.25. The van der Waals surface area contributed by atoms with Crippen LogP contribution in [0.5, 0.6) is 0 Å². The molecule has 4 heteroatoms. The van der Waals surface area contributed by atoms with Gasteiger partial charge in [-0.25, -0.2) is 4.79 Å². The molecule has 2 N–H and O–H groups in total. The van der Waals surface area contributed by atoms with Gasteiger partial charge in [-0.1, -0.05) is 19.3 Å². The first-order chi connectivity index (χ1) is 7.97. The fraction of sp³-hybridized carbons (Fsp3) is 0.923. The molecule has 0 aliphatic heterocycles. The highest BCUT2D eigenvalue weighted by molar-refractivity contribution is 5.67. The smallest absolute Gasteiger partial charge is 0.407 e. The highest BCUT2D eigenvalue weighted by Crippen LogP contribution is 2.28. The van der Waals surface area contributed by atoms with Crippen LogP contribution in [0.1, 0.15) is 46.5 Å². The summed E-state index contributed by atoms with van der Waals surface area (Å²) in [6.45, 7) is 8.09. The van der Waals surface area contributed by atoms with Gasteiger partial charge < -0.3 is 15.4 Å². The first-order valence-electron chi connectivity index (χ1n) is 6.65. The molecule has 0 atom stereocenters. The van der Waals surface area contributed by atoms with Crippen LogP contribution in [0.3, 0.4) is 0 Å². The monoisotopic (exact) mass is 242 g/mol. The molecule has 0 spiro atoms. The third kappa shape index (κ3) is 7.21. The fourth-order valence-electron chi connectivity index (χ4n) is 1.78. The minimum absolute atomic E-state index is 0.335. The summed E-state index contributed by atoms with van der Waals surface area (Å²) in [5.74, 6) is 0.946. The van der Waals surface area contributed by atoms with Crippen molar-refractivity contribution in [2.45, 2.75) is 52.1 Å². The summed E-state index contributed by atoms with van der Waals surface area (Å²) < 4.78 is 5.13. The average Bonchev–Trinajstić information content (AvgIpc) is 2.10. The van der Waals surface area contributed by atoms with Gasteiger partial charge in [0, 0.05) is 13.1 Å². The Hall–Kier alpha value is -0.770. The molecule has 0 radical (unpaired) electrons. The van der Waals surface area contributed by atoms with Gasteiger partial charge >= 0.3 is 6.09 Å². The second-order valence-electron chi connectivity index (χ2n) is 5.76. The third-order valence-corrected chi connectivity index (χ3v) is 2.92. The van der Waals surface area contributed by atoms with Crippen molar-refractivity contribution in [2.75, 3.05) is 19.6 Å². The van der Waals surface area contributed by atoms with E-state index in [2.05, 4.69) is 10.6 Å². The van der Waals surface area contributed by atoms with Crippen molar-refractivity contribution in [3.63, 3.8) is 0 Å². The number of rotatable bonds is 6. The quantitative estimate of drug-likeness (QED) is 0.703. The lowest BCUT2D eigenvalue weighted by atomic mass is 9.83. The van der Waals surface area contributed by atoms with E-state index in [0.717, 1.165) is 19.0 Å². The molecule has 4 nitrogen and oxygen atoms in total. The molecular formula is C13H26N2O2. The van der Waals surface area contributed by atoms with E-state index in [-0.39, 0.29) is 6.09 Å². The maximum absolute atomic E-state index is 11.3. The van der Waals surface area contributed by atoms with Crippen LogP contribution in [0.25, 0.3) is 0 Å². The van der Waals surface area contributed by atoms with E-state index in [1.165, 1.54) is 25.7 Å². The number of carbonyl (C=O) groups excluding carboxylic acids is 1. The van der Waals surface area contributed by atoms with E-state index in [1.807, 2.05) is 20.8 Å². The van der Waals surface area contributed by atoms with Crippen LogP contribution in [0, 0.1) is 5.92 Å². The van der Waals surface area contributed by atoms with Gasteiger partial charge in [0.25, 0.3) is 0 Å². The maximum atomic E-state index is 11.3. The minimum Gasteiger partial charge on any atom is -0.444 e. The molecule has 1 aliphatic carbocycles. The number of amides is 1. The summed E-state index contributed by atoms with van der Waals surface area (Å²) >= 11 is 0. The largest absolute Gasteiger partial charge is 0.444 e. The highest BCUT2D eigenvalue weighted by atomic mass is 16.6. The molecule has 0 heterocycles. The maximum Gasteiger partial charge on any atom is 0.407 e. The third-order valence-electron chi connectivity index (χ3n) is 2.92. The number of hydrogen-bond donors (Lipinski definition) is 2. The lowest BCUT2D eigenvalue weighted by molar-refractivity contribution is 0.0528. The van der Waals surface area contributed by atoms with Crippen molar-refractivity contribution < 1.29 is 9.53 Å². The number of nitrogens with one attached hydrogen (secondary N) is 2. The van der Waals surface area contributed by atoms with Gasteiger partial charge in [-0.15, -0.1) is 0 Å². The van der Waals surface area contributed by atoms with Gasteiger partial charge in [-0.3, -0.25) is 0 Å². The molecule has 0 saturated heterocycles. The van der Waals surface area contributed by atoms with Gasteiger partial charge in [0.1, 0.15) is 5.60 Å². The average molecular weight is 242 g/mol. The van der Waals surface area contributed by atoms with Crippen LogP contribution in [0.2, 0.25) is 0 Å². The second kappa shape index (κ2) is 6.84. The minimum atomic E-state index is -0.415. The molecule has 0 bridgehead atoms. The van der Waals surface area contributed by atoms with Gasteiger partial charge in [-0.2, -0.15) is 0 Å². The molecule has 1 fully saturated rings. The van der Waals surface area contributed by atoms with Crippen LogP contribution in [0.15, 0.2) is 0 Å². The Morgan fingerprint density at radius 1 is 1.24 bits per heavy atom. The Labute approximate surface area is 104 Å². The molecule has 1 rings (SSSR count). The molecule has 0 unspecified atom stereocenters. The summed E-state index contributed by atoms with van der Waals surface area (Å²) in [5.41, 5.74) is -0.415. The number of ether oxygens (including phenoxy) is 1. The van der Waals surface area contributed by atoms with Crippen molar-refractivity contribution in [1.29, 1.82) is 0 Å². The van der Waals surface area contributed by atoms with Crippen molar-refractivity contribution in [3.05, 3.63) is 0 Å². The van der Waals surface area contributed by atoms with Gasteiger partial charge in [-0.05, 0) is 39.7 Å². The van der Waals surface area contributed by atoms with Crippen molar-refractivity contribution >= 4 is 6.09 Å². The van der Waals surface area contributed by atoms with Crippen LogP contribution in [0.4, 0.5) is 4.79 Å². The molecule has 100 valence electrons. The zero-order chi connectivity index (χ0) is 12.7. The van der Waals surface area contributed by atoms with Crippen molar-refractivity contribution in [3.8, 4) is 0 Å². The van der Waals surface area contributed by atoms with Gasteiger partial charge in [0.2, 0.25) is 0 Å². The Morgan fingerprint density at radius 2 is 1.94 bits per heavy atom. The zero-order valence-corrected chi connectivity index (χ0v) is 11.3. The lowest BCUT2D eigenvalue weighted by Crippen LogP contribution is -2.36. The van der Waals surface area contributed by atoms with E-state index in [4.69, 9.17) is 4.74 Å². The van der Waals surface area contributed by atoms with E-state index >= 15 is 0 Å². The van der Waals surface area contributed by atoms with Gasteiger partial charge in [0.05, 0.1) is 0 Å². The molecule has 0 aromatic rings. The van der Waals surface area contributed by atoms with E-state index in [1.54, 1.807) is 0 Å². The Balaban J connectivity index is 1.87. The molecule has 17 heavy (non-hydrogen) atoms. The standard InChI is InChI=1S/C13H26N2O2/c1-13(2,3)17-12(16)15-10-9-14-8-7-11-5-4-6-11/h11,14H,4-10H2,1-3H3,(H,15,16). The normalized spacial score (nSPS) is 16.4. The summed E-state index contributed by atoms with van der Waals surface area (Å²) in [7, 11) is 0. The topological polar surface area (TPSA) is 50.4 Å². The molecular weight excluding hydrogens is 216 g/mol. The van der Waals surface area contributed by atoms with Gasteiger partial charge in [0.15, 0.2) is 0 Å². The van der Waals surface area contributed by atoms with E-state index < -0.39 is 5.60 Å².